The molecule has 2 aromatic rings. The third-order valence-corrected chi connectivity index (χ3v) is 3.60. The molecule has 2 rings (SSSR count). The van der Waals surface area contributed by atoms with Crippen LogP contribution in [0.4, 0.5) is 5.69 Å². The number of hydrogen-bond acceptors (Lipinski definition) is 5. The molecule has 0 amide bonds. The number of nitrogens with one attached hydrogen (secondary N) is 1. The van der Waals surface area contributed by atoms with Crippen molar-refractivity contribution in [2.45, 2.75) is 32.9 Å². The molecule has 8 heteroatoms. The zero-order valence-corrected chi connectivity index (χ0v) is 12.9. The van der Waals surface area contributed by atoms with Crippen LogP contribution in [0, 0.1) is 0 Å². The molecular weight excluding hydrogens is 324 g/mol. The van der Waals surface area contributed by atoms with Gasteiger partial charge in [-0.1, -0.05) is 18.6 Å². The monoisotopic (exact) mass is 340 g/mol. The molecule has 0 spiro atoms. The minimum absolute atomic E-state index is 0.107. The summed E-state index contributed by atoms with van der Waals surface area (Å²) in [5.41, 5.74) is 0.590. The molecule has 0 fully saturated rings. The molecule has 1 N–H and O–H groups in total. The number of halogens is 1. The Bertz CT molecular complexity index is 594. The topological polar surface area (TPSA) is 77.6 Å². The van der Waals surface area contributed by atoms with E-state index < -0.39 is 0 Å². The number of aryl methyl sites for hydroxylation is 1. The number of nitrogens with zero attached hydrogens (tertiary/aromatic N) is 5. The molecule has 0 atom stereocenters. The van der Waals surface area contributed by atoms with Gasteiger partial charge in [0.05, 0.1) is 24.6 Å². The molecule has 0 aromatic carbocycles. The first kappa shape index (κ1) is 14.7. The van der Waals surface area contributed by atoms with Gasteiger partial charge in [-0.3, -0.25) is 9.48 Å². The van der Waals surface area contributed by atoms with Crippen LogP contribution in [0.1, 0.15) is 19.8 Å². The van der Waals surface area contributed by atoms with E-state index in [0.717, 1.165) is 12.8 Å². The molecule has 2 aromatic heterocycles. The molecule has 0 saturated carbocycles. The van der Waals surface area contributed by atoms with Crippen LogP contribution >= 0.6 is 15.9 Å². The maximum atomic E-state index is 12.1. The van der Waals surface area contributed by atoms with E-state index in [-0.39, 0.29) is 5.56 Å². The van der Waals surface area contributed by atoms with Gasteiger partial charge in [0.25, 0.3) is 5.56 Å². The molecule has 0 saturated heterocycles. The van der Waals surface area contributed by atoms with E-state index in [1.165, 1.54) is 4.68 Å². The van der Waals surface area contributed by atoms with Crippen molar-refractivity contribution in [2.75, 3.05) is 11.9 Å². The Hall–Kier alpha value is -1.70. The van der Waals surface area contributed by atoms with Gasteiger partial charge in [-0.25, -0.2) is 4.68 Å². The zero-order valence-electron chi connectivity index (χ0n) is 11.3. The highest BCUT2D eigenvalue weighted by Crippen LogP contribution is 2.15. The predicted octanol–water partition coefficient (Wildman–Crippen LogP) is 1.51. The largest absolute Gasteiger partial charge is 0.381 e. The number of hydrogen-bond donors (Lipinski definition) is 1. The van der Waals surface area contributed by atoms with Crippen LogP contribution in [0.25, 0.3) is 0 Å². The standard InChI is InChI=1S/C12H17BrN6O/c1-2-3-6-19-12(20)11(13)10(9-16-19)14-4-7-18-8-5-15-17-18/h5,8-9,14H,2-4,6-7H2,1H3. The van der Waals surface area contributed by atoms with Crippen LogP contribution in [-0.4, -0.2) is 31.3 Å². The van der Waals surface area contributed by atoms with E-state index in [4.69, 9.17) is 0 Å². The smallest absolute Gasteiger partial charge is 0.283 e. The summed E-state index contributed by atoms with van der Waals surface area (Å²) in [4.78, 5) is 12.1. The molecule has 0 radical (unpaired) electrons. The molecular formula is C12H17BrN6O. The van der Waals surface area contributed by atoms with Gasteiger partial charge in [-0.15, -0.1) is 5.10 Å². The Balaban J connectivity index is 1.98. The van der Waals surface area contributed by atoms with Crippen LogP contribution in [0.2, 0.25) is 0 Å². The average molecular weight is 341 g/mol. The quantitative estimate of drug-likeness (QED) is 0.826. The van der Waals surface area contributed by atoms with Crippen molar-refractivity contribution in [3.63, 3.8) is 0 Å². The number of aromatic nitrogens is 5. The molecule has 108 valence electrons. The van der Waals surface area contributed by atoms with Gasteiger partial charge in [0.15, 0.2) is 0 Å². The average Bonchev–Trinajstić information content (AvgIpc) is 2.96. The lowest BCUT2D eigenvalue weighted by atomic mass is 10.3. The van der Waals surface area contributed by atoms with E-state index in [2.05, 4.69) is 43.6 Å². The summed E-state index contributed by atoms with van der Waals surface area (Å²) in [7, 11) is 0. The van der Waals surface area contributed by atoms with Crippen LogP contribution in [0.15, 0.2) is 27.9 Å². The molecule has 0 unspecified atom stereocenters. The van der Waals surface area contributed by atoms with E-state index in [9.17, 15) is 4.79 Å². The molecule has 7 nitrogen and oxygen atoms in total. The third kappa shape index (κ3) is 3.66. The number of anilines is 1. The summed E-state index contributed by atoms with van der Waals surface area (Å²) in [5, 5.41) is 14.9. The fourth-order valence-electron chi connectivity index (χ4n) is 1.71. The van der Waals surface area contributed by atoms with E-state index in [1.54, 1.807) is 23.3 Å². The van der Waals surface area contributed by atoms with Crippen LogP contribution < -0.4 is 10.9 Å². The summed E-state index contributed by atoms with van der Waals surface area (Å²) in [6.07, 6.45) is 7.06. The molecule has 0 aliphatic heterocycles. The lowest BCUT2D eigenvalue weighted by molar-refractivity contribution is 0.540. The second-order valence-corrected chi connectivity index (χ2v) is 5.14. The van der Waals surface area contributed by atoms with Gasteiger partial charge in [0, 0.05) is 19.3 Å². The van der Waals surface area contributed by atoms with Crippen molar-refractivity contribution < 1.29 is 0 Å². The molecule has 2 heterocycles. The maximum Gasteiger partial charge on any atom is 0.283 e. The molecule has 0 aliphatic carbocycles. The third-order valence-electron chi connectivity index (χ3n) is 2.84. The van der Waals surface area contributed by atoms with Gasteiger partial charge in [0.2, 0.25) is 0 Å². The van der Waals surface area contributed by atoms with Gasteiger partial charge in [-0.2, -0.15) is 5.10 Å². The Labute approximate surface area is 125 Å². The van der Waals surface area contributed by atoms with Gasteiger partial charge in [0.1, 0.15) is 4.47 Å². The number of rotatable bonds is 7. The minimum atomic E-state index is -0.107. The summed E-state index contributed by atoms with van der Waals surface area (Å²) >= 11 is 3.33. The minimum Gasteiger partial charge on any atom is -0.381 e. The van der Waals surface area contributed by atoms with Crippen molar-refractivity contribution in [1.29, 1.82) is 0 Å². The molecule has 20 heavy (non-hydrogen) atoms. The van der Waals surface area contributed by atoms with E-state index >= 15 is 0 Å². The molecule has 0 aliphatic rings. The second kappa shape index (κ2) is 7.18. The van der Waals surface area contributed by atoms with Crippen LogP contribution in [0.5, 0.6) is 0 Å². The highest BCUT2D eigenvalue weighted by molar-refractivity contribution is 9.10. The summed E-state index contributed by atoms with van der Waals surface area (Å²) in [6.45, 7) is 4.04. The Morgan fingerprint density at radius 3 is 2.95 bits per heavy atom. The first-order valence-electron chi connectivity index (χ1n) is 6.56. The number of unbranched alkanes of at least 4 members (excludes halogenated alkanes) is 1. The fraction of sp³-hybridized carbons (Fsp3) is 0.500. The lowest BCUT2D eigenvalue weighted by Gasteiger charge is -2.10. The summed E-state index contributed by atoms with van der Waals surface area (Å²) < 4.78 is 3.72. The van der Waals surface area contributed by atoms with Crippen LogP contribution in [0.3, 0.4) is 0 Å². The van der Waals surface area contributed by atoms with Crippen molar-refractivity contribution >= 4 is 21.6 Å². The SMILES string of the molecule is CCCCn1ncc(NCCn2ccnn2)c(Br)c1=O. The first-order chi connectivity index (χ1) is 9.72. The first-order valence-corrected chi connectivity index (χ1v) is 7.35. The van der Waals surface area contributed by atoms with Gasteiger partial charge >= 0.3 is 0 Å². The van der Waals surface area contributed by atoms with Crippen molar-refractivity contribution in [3.05, 3.63) is 33.4 Å². The Kier molecular flexibility index (Phi) is 5.28. The lowest BCUT2D eigenvalue weighted by Crippen LogP contribution is -2.25. The fourth-order valence-corrected chi connectivity index (χ4v) is 2.16. The highest BCUT2D eigenvalue weighted by Gasteiger charge is 2.08. The van der Waals surface area contributed by atoms with Gasteiger partial charge in [-0.05, 0) is 22.4 Å². The van der Waals surface area contributed by atoms with E-state index in [0.29, 0.717) is 29.8 Å². The summed E-state index contributed by atoms with van der Waals surface area (Å²) in [6, 6.07) is 0. The highest BCUT2D eigenvalue weighted by atomic mass is 79.9. The zero-order chi connectivity index (χ0) is 14.4. The Morgan fingerprint density at radius 2 is 2.25 bits per heavy atom. The maximum absolute atomic E-state index is 12.1. The van der Waals surface area contributed by atoms with E-state index in [1.807, 2.05) is 0 Å². The predicted molar refractivity (Wildman–Crippen MR) is 79.6 cm³/mol. The van der Waals surface area contributed by atoms with Crippen molar-refractivity contribution in [3.8, 4) is 0 Å². The van der Waals surface area contributed by atoms with Crippen molar-refractivity contribution in [1.82, 2.24) is 24.8 Å². The second-order valence-electron chi connectivity index (χ2n) is 4.35. The van der Waals surface area contributed by atoms with Crippen LogP contribution in [-0.2, 0) is 13.1 Å². The summed E-state index contributed by atoms with van der Waals surface area (Å²) in [5.74, 6) is 0. The van der Waals surface area contributed by atoms with Gasteiger partial charge < -0.3 is 5.32 Å². The van der Waals surface area contributed by atoms with Crippen molar-refractivity contribution in [2.24, 2.45) is 0 Å². The molecule has 0 bridgehead atoms. The Morgan fingerprint density at radius 1 is 1.40 bits per heavy atom. The normalized spacial score (nSPS) is 10.7.